The highest BCUT2D eigenvalue weighted by atomic mass is 16.5. The summed E-state index contributed by atoms with van der Waals surface area (Å²) in [5, 5.41) is 12.8. The van der Waals surface area contributed by atoms with Gasteiger partial charge in [-0.15, -0.1) is 0 Å². The Bertz CT molecular complexity index is 777. The second-order valence-electron chi connectivity index (χ2n) is 7.38. The average molecular weight is 405 g/mol. The number of urea groups is 1. The summed E-state index contributed by atoms with van der Waals surface area (Å²) in [6.45, 7) is 5.47. The lowest BCUT2D eigenvalue weighted by atomic mass is 10.1. The van der Waals surface area contributed by atoms with Crippen LogP contribution >= 0.6 is 0 Å². The van der Waals surface area contributed by atoms with Crippen molar-refractivity contribution in [2.45, 2.75) is 32.4 Å². The van der Waals surface area contributed by atoms with Crippen LogP contribution in [0.3, 0.4) is 0 Å². The van der Waals surface area contributed by atoms with Gasteiger partial charge in [0, 0.05) is 13.1 Å². The fraction of sp³-hybridized carbons (Fsp3) is 0.550. The molecule has 1 aromatic carbocycles. The van der Waals surface area contributed by atoms with Gasteiger partial charge in [0.25, 0.3) is 5.91 Å². The number of hydrogen-bond donors (Lipinski definition) is 2. The quantitative estimate of drug-likeness (QED) is 0.628. The molecule has 2 saturated heterocycles. The van der Waals surface area contributed by atoms with Crippen molar-refractivity contribution in [1.29, 1.82) is 0 Å². The Hall–Kier alpha value is -2.65. The maximum Gasteiger partial charge on any atom is 0.324 e. The predicted molar refractivity (Wildman–Crippen MR) is 103 cm³/mol. The van der Waals surface area contributed by atoms with Crippen molar-refractivity contribution in [3.8, 4) is 5.75 Å². The number of aliphatic hydroxyl groups excluding tert-OH is 1. The van der Waals surface area contributed by atoms with Gasteiger partial charge in [0.2, 0.25) is 5.91 Å². The number of aryl methyl sites for hydroxylation is 2. The smallest absolute Gasteiger partial charge is 0.324 e. The van der Waals surface area contributed by atoms with Crippen LogP contribution in [0.15, 0.2) is 18.2 Å². The molecule has 2 fully saturated rings. The van der Waals surface area contributed by atoms with E-state index in [1.807, 2.05) is 32.0 Å². The number of aliphatic hydroxyl groups is 1. The summed E-state index contributed by atoms with van der Waals surface area (Å²) in [6.07, 6.45) is -1.14. The van der Waals surface area contributed by atoms with Gasteiger partial charge < -0.3 is 24.8 Å². The number of benzene rings is 1. The maximum atomic E-state index is 12.5. The van der Waals surface area contributed by atoms with E-state index < -0.39 is 24.1 Å². The minimum absolute atomic E-state index is 0.0568. The van der Waals surface area contributed by atoms with E-state index in [-0.39, 0.29) is 25.5 Å². The van der Waals surface area contributed by atoms with Crippen molar-refractivity contribution >= 4 is 17.8 Å². The number of carbonyl (C=O) groups excluding carboxylic acids is 3. The van der Waals surface area contributed by atoms with Gasteiger partial charge in [-0.25, -0.2) is 4.79 Å². The summed E-state index contributed by atoms with van der Waals surface area (Å²) < 4.78 is 10.8. The van der Waals surface area contributed by atoms with Crippen LogP contribution in [0.2, 0.25) is 0 Å². The fourth-order valence-electron chi connectivity index (χ4n) is 3.32. The number of nitrogens with zero attached hydrogens (tertiary/aromatic N) is 2. The number of carbonyl (C=O) groups is 3. The Morgan fingerprint density at radius 3 is 2.76 bits per heavy atom. The molecule has 0 saturated carbocycles. The molecular formula is C20H27N3O6. The third-order valence-corrected chi connectivity index (χ3v) is 5.02. The van der Waals surface area contributed by atoms with Gasteiger partial charge in [-0.1, -0.05) is 12.1 Å². The first kappa shape index (κ1) is 21.1. The third-order valence-electron chi connectivity index (χ3n) is 5.02. The SMILES string of the molecule is Cc1ccc(C)c(OC[C@@H](O)CN2C(=O)N[C@H](CC(=O)N3CCOCC3)C2=O)c1. The molecule has 0 radical (unpaired) electrons. The van der Waals surface area contributed by atoms with E-state index in [0.29, 0.717) is 32.1 Å². The molecule has 29 heavy (non-hydrogen) atoms. The van der Waals surface area contributed by atoms with Crippen molar-refractivity contribution in [3.63, 3.8) is 0 Å². The molecule has 158 valence electrons. The van der Waals surface area contributed by atoms with Crippen LogP contribution in [-0.2, 0) is 14.3 Å². The molecule has 9 heteroatoms. The van der Waals surface area contributed by atoms with Gasteiger partial charge in [0.05, 0.1) is 26.2 Å². The lowest BCUT2D eigenvalue weighted by molar-refractivity contribution is -0.138. The third kappa shape index (κ3) is 5.24. The Balaban J connectivity index is 1.51. The fourth-order valence-corrected chi connectivity index (χ4v) is 3.32. The molecule has 0 aliphatic carbocycles. The molecule has 2 atom stereocenters. The number of amides is 4. The molecule has 4 amide bonds. The van der Waals surface area contributed by atoms with E-state index >= 15 is 0 Å². The van der Waals surface area contributed by atoms with Crippen LogP contribution in [0, 0.1) is 13.8 Å². The predicted octanol–water partition coefficient (Wildman–Crippen LogP) is 0.212. The number of nitrogens with one attached hydrogen (secondary N) is 1. The number of imide groups is 1. The van der Waals surface area contributed by atoms with Crippen molar-refractivity contribution in [2.24, 2.45) is 0 Å². The number of β-amino-alcohol motifs (C(OH)–C–C–N with tert-alkyl or cyclic N) is 1. The van der Waals surface area contributed by atoms with Crippen LogP contribution in [-0.4, -0.2) is 84.4 Å². The molecule has 0 unspecified atom stereocenters. The van der Waals surface area contributed by atoms with Crippen molar-refractivity contribution in [2.75, 3.05) is 39.5 Å². The molecule has 1 aromatic rings. The van der Waals surface area contributed by atoms with Gasteiger partial charge in [0.15, 0.2) is 0 Å². The van der Waals surface area contributed by atoms with Gasteiger partial charge in [-0.2, -0.15) is 0 Å². The van der Waals surface area contributed by atoms with E-state index in [0.717, 1.165) is 16.0 Å². The lowest BCUT2D eigenvalue weighted by Gasteiger charge is -2.27. The minimum atomic E-state index is -1.04. The first-order chi connectivity index (χ1) is 13.8. The molecule has 3 rings (SSSR count). The Morgan fingerprint density at radius 1 is 1.31 bits per heavy atom. The topological polar surface area (TPSA) is 108 Å². The zero-order valence-corrected chi connectivity index (χ0v) is 16.7. The lowest BCUT2D eigenvalue weighted by Crippen LogP contribution is -2.44. The molecule has 9 nitrogen and oxygen atoms in total. The second kappa shape index (κ2) is 9.23. The number of rotatable bonds is 7. The zero-order valence-electron chi connectivity index (χ0n) is 16.7. The average Bonchev–Trinajstić information content (AvgIpc) is 2.96. The van der Waals surface area contributed by atoms with Crippen LogP contribution in [0.1, 0.15) is 17.5 Å². The van der Waals surface area contributed by atoms with Gasteiger partial charge >= 0.3 is 6.03 Å². The van der Waals surface area contributed by atoms with Crippen molar-refractivity contribution in [1.82, 2.24) is 15.1 Å². The van der Waals surface area contributed by atoms with Crippen LogP contribution in [0.4, 0.5) is 4.79 Å². The summed E-state index contributed by atoms with van der Waals surface area (Å²) in [7, 11) is 0. The highest BCUT2D eigenvalue weighted by Gasteiger charge is 2.40. The summed E-state index contributed by atoms with van der Waals surface area (Å²) in [6, 6.07) is 4.23. The molecule has 0 spiro atoms. The first-order valence-electron chi connectivity index (χ1n) is 9.70. The monoisotopic (exact) mass is 405 g/mol. The van der Waals surface area contributed by atoms with Gasteiger partial charge in [-0.3, -0.25) is 14.5 Å². The first-order valence-corrected chi connectivity index (χ1v) is 9.70. The van der Waals surface area contributed by atoms with Crippen molar-refractivity contribution < 1.29 is 29.0 Å². The number of morpholine rings is 1. The normalized spacial score (nSPS) is 20.6. The van der Waals surface area contributed by atoms with Crippen LogP contribution in [0.25, 0.3) is 0 Å². The molecule has 0 bridgehead atoms. The number of ether oxygens (including phenoxy) is 2. The van der Waals surface area contributed by atoms with Crippen LogP contribution < -0.4 is 10.1 Å². The summed E-state index contributed by atoms with van der Waals surface area (Å²) >= 11 is 0. The molecule has 0 aromatic heterocycles. The number of hydrogen-bond acceptors (Lipinski definition) is 6. The van der Waals surface area contributed by atoms with E-state index in [2.05, 4.69) is 5.32 Å². The summed E-state index contributed by atoms with van der Waals surface area (Å²) in [5.74, 6) is -0.0646. The Morgan fingerprint density at radius 2 is 2.03 bits per heavy atom. The van der Waals surface area contributed by atoms with E-state index in [1.165, 1.54) is 0 Å². The van der Waals surface area contributed by atoms with Crippen molar-refractivity contribution in [3.05, 3.63) is 29.3 Å². The Labute approximate surface area is 169 Å². The Kier molecular flexibility index (Phi) is 6.71. The largest absolute Gasteiger partial charge is 0.491 e. The minimum Gasteiger partial charge on any atom is -0.491 e. The van der Waals surface area contributed by atoms with Gasteiger partial charge in [-0.05, 0) is 31.0 Å². The second-order valence-corrected chi connectivity index (χ2v) is 7.38. The van der Waals surface area contributed by atoms with Gasteiger partial charge in [0.1, 0.15) is 24.5 Å². The van der Waals surface area contributed by atoms with Crippen LogP contribution in [0.5, 0.6) is 5.75 Å². The highest BCUT2D eigenvalue weighted by molar-refractivity contribution is 6.05. The zero-order chi connectivity index (χ0) is 21.0. The molecule has 2 heterocycles. The molecule has 2 aliphatic heterocycles. The standard InChI is InChI=1S/C20H27N3O6/c1-13-3-4-14(2)17(9-13)29-12-15(24)11-23-19(26)16(21-20(23)27)10-18(25)22-5-7-28-8-6-22/h3-4,9,15-16,24H,5-8,10-12H2,1-2H3,(H,21,27)/t15-,16+/m0/s1. The summed E-state index contributed by atoms with van der Waals surface area (Å²) in [5.41, 5.74) is 1.96. The summed E-state index contributed by atoms with van der Waals surface area (Å²) in [4.78, 5) is 39.6. The van der Waals surface area contributed by atoms with E-state index in [1.54, 1.807) is 4.90 Å². The molecule has 2 aliphatic rings. The highest BCUT2D eigenvalue weighted by Crippen LogP contribution is 2.19. The molecule has 2 N–H and O–H groups in total. The molecular weight excluding hydrogens is 378 g/mol. The maximum absolute atomic E-state index is 12.5. The van der Waals surface area contributed by atoms with E-state index in [9.17, 15) is 19.5 Å². The van der Waals surface area contributed by atoms with E-state index in [4.69, 9.17) is 9.47 Å².